The van der Waals surface area contributed by atoms with Crippen LogP contribution in [0.3, 0.4) is 0 Å². The third kappa shape index (κ3) is 5.46. The molecule has 2 aromatic heterocycles. The zero-order valence-electron chi connectivity index (χ0n) is 17.5. The molecule has 0 spiro atoms. The van der Waals surface area contributed by atoms with E-state index in [1.54, 1.807) is 25.3 Å². The second-order valence-corrected chi connectivity index (χ2v) is 11.6. The Balaban J connectivity index is 2.24. The van der Waals surface area contributed by atoms with Gasteiger partial charge in [-0.1, -0.05) is 50.9 Å². The van der Waals surface area contributed by atoms with Crippen LogP contribution in [-0.2, 0) is 15.4 Å². The highest BCUT2D eigenvalue weighted by Gasteiger charge is 2.26. The van der Waals surface area contributed by atoms with E-state index in [0.29, 0.717) is 28.4 Å². The van der Waals surface area contributed by atoms with Gasteiger partial charge in [0, 0.05) is 22.2 Å². The lowest BCUT2D eigenvalue weighted by Gasteiger charge is -2.14. The van der Waals surface area contributed by atoms with Crippen molar-refractivity contribution < 1.29 is 8.42 Å². The van der Waals surface area contributed by atoms with Crippen LogP contribution < -0.4 is 10.5 Å². The predicted octanol–water partition coefficient (Wildman–Crippen LogP) is 5.61. The van der Waals surface area contributed by atoms with Crippen molar-refractivity contribution in [2.45, 2.75) is 39.5 Å². The van der Waals surface area contributed by atoms with Crippen LogP contribution in [-0.4, -0.2) is 29.1 Å². The number of sulfonamides is 1. The van der Waals surface area contributed by atoms with Crippen molar-refractivity contribution in [3.8, 4) is 21.8 Å². The minimum absolute atomic E-state index is 0.0263. The molecule has 0 fully saturated rings. The van der Waals surface area contributed by atoms with Gasteiger partial charge in [-0.05, 0) is 24.6 Å². The van der Waals surface area contributed by atoms with Crippen LogP contribution >= 0.6 is 34.5 Å². The minimum atomic E-state index is -3.56. The molecule has 0 aliphatic carbocycles. The molecule has 3 rings (SSSR count). The molecule has 0 atom stereocenters. The largest absolute Gasteiger partial charge is 0.368 e. The maximum Gasteiger partial charge on any atom is 0.232 e. The van der Waals surface area contributed by atoms with Crippen molar-refractivity contribution in [3.05, 3.63) is 39.4 Å². The highest BCUT2D eigenvalue weighted by atomic mass is 35.5. The topological polar surface area (TPSA) is 111 Å². The number of nitrogens with two attached hydrogens (primary N) is 1. The Hall–Kier alpha value is -1.94. The van der Waals surface area contributed by atoms with Gasteiger partial charge in [0.05, 0.1) is 37.7 Å². The van der Waals surface area contributed by atoms with Crippen molar-refractivity contribution in [1.82, 2.24) is 15.0 Å². The van der Waals surface area contributed by atoms with E-state index in [0.717, 1.165) is 9.88 Å². The standard InChI is InChI=1S/C20H23Cl2N5O2S2/c1-5-8-31(28,29)27-14-10-11(21)9-12(15(14)22)16-17(13-6-7-24-19(23)25-13)30-18(26-16)20(2,3)4/h6-7,9-10,27H,5,8H2,1-4H3,(H2,23,24,25). The summed E-state index contributed by atoms with van der Waals surface area (Å²) in [4.78, 5) is 13.9. The third-order valence-corrected chi connectivity index (χ3v) is 7.81. The van der Waals surface area contributed by atoms with Gasteiger partial charge >= 0.3 is 0 Å². The quantitative estimate of drug-likeness (QED) is 0.456. The molecule has 3 N–H and O–H groups in total. The number of benzene rings is 1. The van der Waals surface area contributed by atoms with Crippen molar-refractivity contribution >= 4 is 56.2 Å². The van der Waals surface area contributed by atoms with Gasteiger partial charge < -0.3 is 5.73 Å². The highest BCUT2D eigenvalue weighted by molar-refractivity contribution is 7.92. The molecular formula is C20H23Cl2N5O2S2. The maximum absolute atomic E-state index is 12.3. The number of hydrogen-bond acceptors (Lipinski definition) is 7. The van der Waals surface area contributed by atoms with Gasteiger partial charge in [0.15, 0.2) is 0 Å². The van der Waals surface area contributed by atoms with Gasteiger partial charge in [-0.15, -0.1) is 11.3 Å². The van der Waals surface area contributed by atoms with Crippen LogP contribution in [0.5, 0.6) is 0 Å². The Labute approximate surface area is 196 Å². The first-order valence-electron chi connectivity index (χ1n) is 9.51. The first-order valence-corrected chi connectivity index (χ1v) is 12.7. The van der Waals surface area contributed by atoms with E-state index in [9.17, 15) is 8.42 Å². The molecule has 0 aliphatic heterocycles. The summed E-state index contributed by atoms with van der Waals surface area (Å²) in [5.74, 6) is 0.112. The smallest absolute Gasteiger partial charge is 0.232 e. The van der Waals surface area contributed by atoms with E-state index in [1.165, 1.54) is 17.4 Å². The molecule has 0 unspecified atom stereocenters. The fraction of sp³-hybridized carbons (Fsp3) is 0.350. The average Bonchev–Trinajstić information content (AvgIpc) is 3.09. The molecule has 11 heteroatoms. The summed E-state index contributed by atoms with van der Waals surface area (Å²) in [5, 5.41) is 1.39. The molecule has 0 saturated heterocycles. The van der Waals surface area contributed by atoms with Crippen molar-refractivity contribution in [2.75, 3.05) is 16.2 Å². The Kier molecular flexibility index (Phi) is 6.81. The third-order valence-electron chi connectivity index (χ3n) is 4.21. The summed E-state index contributed by atoms with van der Waals surface area (Å²) >= 11 is 14.5. The molecular weight excluding hydrogens is 477 g/mol. The summed E-state index contributed by atoms with van der Waals surface area (Å²) in [5.41, 5.74) is 7.42. The molecule has 2 heterocycles. The molecule has 0 radical (unpaired) electrons. The van der Waals surface area contributed by atoms with E-state index >= 15 is 0 Å². The second-order valence-electron chi connectivity index (χ2n) is 7.98. The fourth-order valence-corrected chi connectivity index (χ4v) is 5.58. The molecule has 3 aromatic rings. The SMILES string of the molecule is CCCS(=O)(=O)Nc1cc(Cl)cc(-c2nc(C(C)(C)C)sc2-c2ccnc(N)n2)c1Cl. The van der Waals surface area contributed by atoms with Crippen LogP contribution in [0.2, 0.25) is 10.0 Å². The normalized spacial score (nSPS) is 12.2. The van der Waals surface area contributed by atoms with E-state index in [2.05, 4.69) is 35.5 Å². The Morgan fingerprint density at radius 3 is 2.52 bits per heavy atom. The summed E-state index contributed by atoms with van der Waals surface area (Å²) in [6.07, 6.45) is 2.04. The van der Waals surface area contributed by atoms with Gasteiger partial charge in [0.2, 0.25) is 16.0 Å². The molecule has 0 aliphatic rings. The Morgan fingerprint density at radius 2 is 1.90 bits per heavy atom. The number of nitrogens with zero attached hydrogens (tertiary/aromatic N) is 3. The molecule has 166 valence electrons. The zero-order chi connectivity index (χ0) is 23.0. The molecule has 0 amide bonds. The fourth-order valence-electron chi connectivity index (χ4n) is 2.82. The first kappa shape index (κ1) is 23.7. The lowest BCUT2D eigenvalue weighted by atomic mass is 9.98. The van der Waals surface area contributed by atoms with Crippen molar-refractivity contribution in [1.29, 1.82) is 0 Å². The van der Waals surface area contributed by atoms with E-state index in [-0.39, 0.29) is 27.8 Å². The first-order chi connectivity index (χ1) is 14.4. The molecule has 1 aromatic carbocycles. The highest BCUT2D eigenvalue weighted by Crippen LogP contribution is 2.45. The Morgan fingerprint density at radius 1 is 1.19 bits per heavy atom. The molecule has 0 bridgehead atoms. The number of nitrogen functional groups attached to an aromatic ring is 1. The van der Waals surface area contributed by atoms with E-state index in [1.807, 2.05) is 0 Å². The van der Waals surface area contributed by atoms with Gasteiger partial charge in [0.1, 0.15) is 0 Å². The Bertz CT molecular complexity index is 1220. The van der Waals surface area contributed by atoms with Gasteiger partial charge in [-0.2, -0.15) is 0 Å². The predicted molar refractivity (Wildman–Crippen MR) is 129 cm³/mol. The molecule has 7 nitrogen and oxygen atoms in total. The number of hydrogen-bond donors (Lipinski definition) is 2. The van der Waals surface area contributed by atoms with Crippen LogP contribution in [0.4, 0.5) is 11.6 Å². The average molecular weight is 500 g/mol. The number of halogens is 2. The molecule has 31 heavy (non-hydrogen) atoms. The van der Waals surface area contributed by atoms with Crippen LogP contribution in [0.15, 0.2) is 24.4 Å². The lowest BCUT2D eigenvalue weighted by molar-refractivity contribution is 0.586. The second kappa shape index (κ2) is 8.90. The minimum Gasteiger partial charge on any atom is -0.368 e. The summed E-state index contributed by atoms with van der Waals surface area (Å²) < 4.78 is 27.2. The summed E-state index contributed by atoms with van der Waals surface area (Å²) in [7, 11) is -3.56. The number of rotatable bonds is 6. The van der Waals surface area contributed by atoms with Crippen LogP contribution in [0, 0.1) is 0 Å². The number of nitrogens with one attached hydrogen (secondary N) is 1. The van der Waals surface area contributed by atoms with Gasteiger partial charge in [-0.3, -0.25) is 4.72 Å². The maximum atomic E-state index is 12.3. The van der Waals surface area contributed by atoms with Crippen LogP contribution in [0.25, 0.3) is 21.8 Å². The summed E-state index contributed by atoms with van der Waals surface area (Å²) in [6.45, 7) is 7.94. The summed E-state index contributed by atoms with van der Waals surface area (Å²) in [6, 6.07) is 4.89. The lowest BCUT2D eigenvalue weighted by Crippen LogP contribution is -2.16. The van der Waals surface area contributed by atoms with E-state index in [4.69, 9.17) is 33.9 Å². The van der Waals surface area contributed by atoms with E-state index < -0.39 is 10.0 Å². The van der Waals surface area contributed by atoms with Gasteiger partial charge in [0.25, 0.3) is 0 Å². The molecule has 0 saturated carbocycles. The van der Waals surface area contributed by atoms with Crippen molar-refractivity contribution in [3.63, 3.8) is 0 Å². The van der Waals surface area contributed by atoms with Crippen molar-refractivity contribution in [2.24, 2.45) is 0 Å². The zero-order valence-corrected chi connectivity index (χ0v) is 20.7. The van der Waals surface area contributed by atoms with Crippen LogP contribution in [0.1, 0.15) is 39.1 Å². The monoisotopic (exact) mass is 499 g/mol. The number of thiazole rings is 1. The number of anilines is 2. The van der Waals surface area contributed by atoms with Gasteiger partial charge in [-0.25, -0.2) is 23.4 Å². The number of aromatic nitrogens is 3.